The third-order valence-electron chi connectivity index (χ3n) is 3.67. The third-order valence-corrected chi connectivity index (χ3v) is 3.67. The predicted octanol–water partition coefficient (Wildman–Crippen LogP) is 1.46. The molecule has 2 aliphatic rings. The minimum atomic E-state index is -0.147. The fraction of sp³-hybridized carbons (Fsp3) is 0.833. The van der Waals surface area contributed by atoms with E-state index in [0.717, 1.165) is 19.3 Å². The van der Waals surface area contributed by atoms with Crippen LogP contribution in [-0.4, -0.2) is 23.7 Å². The lowest BCUT2D eigenvalue weighted by atomic mass is 9.78. The molecule has 1 aliphatic carbocycles. The number of piperidine rings is 1. The summed E-state index contributed by atoms with van der Waals surface area (Å²) in [6, 6.07) is 0.749. The minimum absolute atomic E-state index is 0.0333. The van der Waals surface area contributed by atoms with Crippen LogP contribution < -0.4 is 5.32 Å². The Morgan fingerprint density at radius 1 is 1.13 bits per heavy atom. The number of Topliss-reactive ketones (excluding diaryl/α,β-unsaturated/α-hetero) is 2. The molecule has 1 aliphatic heterocycles. The quantitative estimate of drug-likeness (QED) is 0.665. The van der Waals surface area contributed by atoms with Crippen LogP contribution in [0.1, 0.15) is 45.4 Å². The zero-order chi connectivity index (χ0) is 10.8. The zero-order valence-electron chi connectivity index (χ0n) is 9.29. The molecule has 15 heavy (non-hydrogen) atoms. The van der Waals surface area contributed by atoms with Crippen molar-refractivity contribution in [2.45, 2.75) is 57.5 Å². The highest BCUT2D eigenvalue weighted by Gasteiger charge is 2.36. The lowest BCUT2D eigenvalue weighted by Crippen LogP contribution is -2.49. The fourth-order valence-corrected chi connectivity index (χ4v) is 2.82. The van der Waals surface area contributed by atoms with E-state index in [4.69, 9.17) is 0 Å². The van der Waals surface area contributed by atoms with Crippen molar-refractivity contribution in [1.82, 2.24) is 5.32 Å². The van der Waals surface area contributed by atoms with Crippen molar-refractivity contribution < 1.29 is 9.59 Å². The summed E-state index contributed by atoms with van der Waals surface area (Å²) in [4.78, 5) is 23.1. The number of rotatable bonds is 1. The smallest absolute Gasteiger partial charge is 0.202 e. The van der Waals surface area contributed by atoms with Gasteiger partial charge in [0.15, 0.2) is 5.78 Å². The van der Waals surface area contributed by atoms with Crippen LogP contribution in [0, 0.1) is 5.92 Å². The van der Waals surface area contributed by atoms with E-state index in [-0.39, 0.29) is 23.5 Å². The average Bonchev–Trinajstić information content (AvgIpc) is 2.22. The van der Waals surface area contributed by atoms with Crippen molar-refractivity contribution in [2.75, 3.05) is 0 Å². The second kappa shape index (κ2) is 4.44. The van der Waals surface area contributed by atoms with Crippen LogP contribution in [0.25, 0.3) is 0 Å². The molecule has 3 nitrogen and oxygen atoms in total. The minimum Gasteiger partial charge on any atom is -0.311 e. The Morgan fingerprint density at radius 3 is 2.67 bits per heavy atom. The highest BCUT2D eigenvalue weighted by molar-refractivity contribution is 6.38. The van der Waals surface area contributed by atoms with E-state index in [9.17, 15) is 9.59 Å². The number of nitrogens with one attached hydrogen (secondary N) is 1. The highest BCUT2D eigenvalue weighted by atomic mass is 16.2. The molecule has 2 rings (SSSR count). The highest BCUT2D eigenvalue weighted by Crippen LogP contribution is 2.27. The maximum absolute atomic E-state index is 11.7. The molecular formula is C12H19NO2. The first kappa shape index (κ1) is 10.8. The molecule has 1 saturated heterocycles. The monoisotopic (exact) mass is 209 g/mol. The largest absolute Gasteiger partial charge is 0.311 e. The molecular weight excluding hydrogens is 190 g/mol. The fourth-order valence-electron chi connectivity index (χ4n) is 2.82. The van der Waals surface area contributed by atoms with Gasteiger partial charge in [0.25, 0.3) is 0 Å². The second-order valence-corrected chi connectivity index (χ2v) is 4.89. The topological polar surface area (TPSA) is 46.2 Å². The molecule has 0 aromatic rings. The van der Waals surface area contributed by atoms with Gasteiger partial charge in [-0.3, -0.25) is 9.59 Å². The van der Waals surface area contributed by atoms with Crippen molar-refractivity contribution in [1.29, 1.82) is 0 Å². The van der Waals surface area contributed by atoms with Crippen molar-refractivity contribution in [2.24, 2.45) is 5.92 Å². The normalized spacial score (nSPS) is 38.1. The van der Waals surface area contributed by atoms with Crippen molar-refractivity contribution >= 4 is 11.6 Å². The molecule has 0 spiro atoms. The van der Waals surface area contributed by atoms with E-state index in [1.807, 2.05) is 0 Å². The summed E-state index contributed by atoms with van der Waals surface area (Å²) in [7, 11) is 0. The number of hydrogen-bond acceptors (Lipinski definition) is 3. The van der Waals surface area contributed by atoms with Crippen LogP contribution in [-0.2, 0) is 9.59 Å². The van der Waals surface area contributed by atoms with Crippen LogP contribution >= 0.6 is 0 Å². The average molecular weight is 209 g/mol. The molecule has 0 bridgehead atoms. The first-order valence-corrected chi connectivity index (χ1v) is 6.01. The summed E-state index contributed by atoms with van der Waals surface area (Å²) in [6.07, 6.45) is 5.67. The lowest BCUT2D eigenvalue weighted by Gasteiger charge is -2.35. The van der Waals surface area contributed by atoms with Gasteiger partial charge in [-0.05, 0) is 32.6 Å². The Balaban J connectivity index is 2.02. The van der Waals surface area contributed by atoms with Gasteiger partial charge in [0.1, 0.15) is 0 Å². The Kier molecular flexibility index (Phi) is 3.19. The molecule has 84 valence electrons. The van der Waals surface area contributed by atoms with Crippen molar-refractivity contribution in [3.8, 4) is 0 Å². The molecule has 1 N–H and O–H groups in total. The van der Waals surface area contributed by atoms with Gasteiger partial charge in [0.05, 0.1) is 0 Å². The van der Waals surface area contributed by atoms with Gasteiger partial charge in [0, 0.05) is 24.4 Å². The van der Waals surface area contributed by atoms with Crippen molar-refractivity contribution in [3.05, 3.63) is 0 Å². The number of hydrogen-bond donors (Lipinski definition) is 1. The SMILES string of the molecule is CC1CCCC(C2CCCC(=O)C2=O)N1. The van der Waals surface area contributed by atoms with Crippen LogP contribution in [0.3, 0.4) is 0 Å². The summed E-state index contributed by atoms with van der Waals surface area (Å²) in [5.41, 5.74) is 0. The number of carbonyl (C=O) groups is 2. The van der Waals surface area contributed by atoms with Gasteiger partial charge >= 0.3 is 0 Å². The Labute approximate surface area is 90.6 Å². The van der Waals surface area contributed by atoms with E-state index in [1.54, 1.807) is 0 Å². The molecule has 0 radical (unpaired) electrons. The van der Waals surface area contributed by atoms with Crippen LogP contribution in [0.15, 0.2) is 0 Å². The van der Waals surface area contributed by atoms with Gasteiger partial charge in [-0.2, -0.15) is 0 Å². The molecule has 3 atom stereocenters. The maximum atomic E-state index is 11.7. The van der Waals surface area contributed by atoms with E-state index < -0.39 is 0 Å². The molecule has 3 unspecified atom stereocenters. The van der Waals surface area contributed by atoms with Gasteiger partial charge in [0.2, 0.25) is 5.78 Å². The maximum Gasteiger partial charge on any atom is 0.202 e. The van der Waals surface area contributed by atoms with E-state index >= 15 is 0 Å². The van der Waals surface area contributed by atoms with E-state index in [1.165, 1.54) is 12.8 Å². The number of ketones is 2. The second-order valence-electron chi connectivity index (χ2n) is 4.89. The molecule has 2 fully saturated rings. The summed E-state index contributed by atoms with van der Waals surface area (Å²) >= 11 is 0. The standard InChI is InChI=1S/C12H19NO2/c1-8-4-2-6-10(13-8)9-5-3-7-11(14)12(9)15/h8-10,13H,2-7H2,1H3. The predicted molar refractivity (Wildman–Crippen MR) is 57.6 cm³/mol. The van der Waals surface area contributed by atoms with Gasteiger partial charge in [-0.1, -0.05) is 6.42 Å². The Morgan fingerprint density at radius 2 is 1.93 bits per heavy atom. The van der Waals surface area contributed by atoms with E-state index in [0.29, 0.717) is 12.5 Å². The molecule has 0 aromatic carbocycles. The summed E-state index contributed by atoms with van der Waals surface area (Å²) in [5, 5.41) is 3.46. The Bertz CT molecular complexity index is 275. The molecule has 1 saturated carbocycles. The number of carbonyl (C=O) groups excluding carboxylic acids is 2. The summed E-state index contributed by atoms with van der Waals surface area (Å²) in [5.74, 6) is -0.298. The van der Waals surface area contributed by atoms with Crippen molar-refractivity contribution in [3.63, 3.8) is 0 Å². The molecule has 0 aromatic heterocycles. The summed E-state index contributed by atoms with van der Waals surface area (Å²) < 4.78 is 0. The first-order chi connectivity index (χ1) is 7.18. The van der Waals surface area contributed by atoms with Crippen LogP contribution in [0.5, 0.6) is 0 Å². The van der Waals surface area contributed by atoms with Crippen LogP contribution in [0.2, 0.25) is 0 Å². The van der Waals surface area contributed by atoms with Crippen LogP contribution in [0.4, 0.5) is 0 Å². The Hall–Kier alpha value is -0.700. The van der Waals surface area contributed by atoms with Gasteiger partial charge in [-0.15, -0.1) is 0 Å². The third kappa shape index (κ3) is 2.28. The molecule has 3 heteroatoms. The zero-order valence-corrected chi connectivity index (χ0v) is 9.29. The molecule has 1 heterocycles. The van der Waals surface area contributed by atoms with E-state index in [2.05, 4.69) is 12.2 Å². The van der Waals surface area contributed by atoms with Gasteiger partial charge < -0.3 is 5.32 Å². The lowest BCUT2D eigenvalue weighted by molar-refractivity contribution is -0.141. The van der Waals surface area contributed by atoms with Gasteiger partial charge in [-0.25, -0.2) is 0 Å². The summed E-state index contributed by atoms with van der Waals surface area (Å²) in [6.45, 7) is 2.15. The molecule has 0 amide bonds. The first-order valence-electron chi connectivity index (χ1n) is 6.01.